The van der Waals surface area contributed by atoms with Crippen LogP contribution in [-0.4, -0.2) is 44.4 Å². The molecule has 3 atom stereocenters. The summed E-state index contributed by atoms with van der Waals surface area (Å²) in [4.78, 5) is 25.4. The highest BCUT2D eigenvalue weighted by Crippen LogP contribution is 2.36. The second-order valence-corrected chi connectivity index (χ2v) is 8.80. The monoisotopic (exact) mass is 490 g/mol. The number of nitrogens with two attached hydrogens (primary N) is 1. The van der Waals surface area contributed by atoms with Crippen LogP contribution in [0.5, 0.6) is 0 Å². The number of nitrogens with zero attached hydrogens (tertiary/aromatic N) is 4. The fraction of sp³-hybridized carbons (Fsp3) is 0.308. The van der Waals surface area contributed by atoms with Gasteiger partial charge in [0.15, 0.2) is 5.82 Å². The van der Waals surface area contributed by atoms with Crippen molar-refractivity contribution in [3.05, 3.63) is 77.7 Å². The molecule has 0 spiro atoms. The van der Waals surface area contributed by atoms with Crippen molar-refractivity contribution in [3.8, 4) is 6.07 Å². The summed E-state index contributed by atoms with van der Waals surface area (Å²) >= 11 is 0. The molecule has 36 heavy (non-hydrogen) atoms. The van der Waals surface area contributed by atoms with Crippen molar-refractivity contribution in [1.82, 2.24) is 14.7 Å². The minimum atomic E-state index is -1.06. The summed E-state index contributed by atoms with van der Waals surface area (Å²) in [5, 5.41) is 27.4. The van der Waals surface area contributed by atoms with Crippen LogP contribution < -0.4 is 11.1 Å². The Morgan fingerprint density at radius 3 is 2.56 bits per heavy atom. The molecule has 0 saturated carbocycles. The Balaban J connectivity index is 1.58. The van der Waals surface area contributed by atoms with Crippen LogP contribution >= 0.6 is 0 Å². The van der Waals surface area contributed by atoms with E-state index in [2.05, 4.69) is 16.5 Å². The van der Waals surface area contributed by atoms with Gasteiger partial charge in [-0.2, -0.15) is 10.4 Å². The first-order valence-electron chi connectivity index (χ1n) is 11.7. The first kappa shape index (κ1) is 24.7. The lowest BCUT2D eigenvalue weighted by atomic mass is 9.83. The van der Waals surface area contributed by atoms with Crippen molar-refractivity contribution in [2.75, 3.05) is 11.9 Å². The maximum atomic E-state index is 13.3. The Morgan fingerprint density at radius 1 is 1.19 bits per heavy atom. The molecule has 0 bridgehead atoms. The van der Waals surface area contributed by atoms with Crippen LogP contribution in [0.3, 0.4) is 0 Å². The maximum absolute atomic E-state index is 13.3. The lowest BCUT2D eigenvalue weighted by Gasteiger charge is -2.41. The van der Waals surface area contributed by atoms with E-state index in [1.807, 2.05) is 30.3 Å². The second-order valence-electron chi connectivity index (χ2n) is 8.80. The molecule has 9 nitrogen and oxygen atoms in total. The molecule has 1 fully saturated rings. The first-order chi connectivity index (χ1) is 17.4. The number of piperidine rings is 1. The summed E-state index contributed by atoms with van der Waals surface area (Å²) in [6, 6.07) is 16.8. The van der Waals surface area contributed by atoms with Gasteiger partial charge < -0.3 is 21.1 Å². The largest absolute Gasteiger partial charge is 0.465 e. The zero-order valence-electron chi connectivity index (χ0n) is 19.5. The Hall–Kier alpha value is -4.39. The van der Waals surface area contributed by atoms with Crippen LogP contribution in [0.2, 0.25) is 0 Å². The molecular formula is C26H27FN6O3. The number of likely N-dealkylation sites (tertiary alicyclic amines) is 1. The predicted octanol–water partition coefficient (Wildman–Crippen LogP) is 4.32. The molecule has 1 unspecified atom stereocenters. The summed E-state index contributed by atoms with van der Waals surface area (Å²) in [6.45, 7) is 0.237. The smallest absolute Gasteiger partial charge is 0.407 e. The van der Waals surface area contributed by atoms with E-state index in [1.54, 1.807) is 0 Å². The van der Waals surface area contributed by atoms with E-state index in [1.165, 1.54) is 40.0 Å². The van der Waals surface area contributed by atoms with E-state index < -0.39 is 35.8 Å². The highest BCUT2D eigenvalue weighted by Gasteiger charge is 2.41. The van der Waals surface area contributed by atoms with Crippen molar-refractivity contribution in [3.63, 3.8) is 0 Å². The molecule has 186 valence electrons. The SMILES string of the molecule is N#C[C@@H]1C(CCCc2ccccc2)N(C(=O)O)CC[C@@H]1n1cc(C(N)=O)c(Nc2ccc(F)cc2)n1. The van der Waals surface area contributed by atoms with Crippen molar-refractivity contribution in [1.29, 1.82) is 5.26 Å². The molecule has 2 amide bonds. The van der Waals surface area contributed by atoms with Crippen molar-refractivity contribution < 1.29 is 19.1 Å². The first-order valence-corrected chi connectivity index (χ1v) is 11.7. The van der Waals surface area contributed by atoms with Gasteiger partial charge in [-0.05, 0) is 55.5 Å². The molecule has 4 N–H and O–H groups in total. The number of amides is 2. The summed E-state index contributed by atoms with van der Waals surface area (Å²) in [5.41, 5.74) is 7.35. The number of halogens is 1. The Bertz CT molecular complexity index is 1250. The summed E-state index contributed by atoms with van der Waals surface area (Å²) in [5.74, 6) is -1.60. The third kappa shape index (κ3) is 5.46. The fourth-order valence-electron chi connectivity index (χ4n) is 4.77. The van der Waals surface area contributed by atoms with Crippen LogP contribution in [0.25, 0.3) is 0 Å². The van der Waals surface area contributed by atoms with Crippen molar-refractivity contribution >= 4 is 23.5 Å². The maximum Gasteiger partial charge on any atom is 0.407 e. The van der Waals surface area contributed by atoms with E-state index in [0.717, 1.165) is 12.0 Å². The quantitative estimate of drug-likeness (QED) is 0.430. The molecule has 1 saturated heterocycles. The third-order valence-electron chi connectivity index (χ3n) is 6.54. The van der Waals surface area contributed by atoms with Gasteiger partial charge in [-0.25, -0.2) is 9.18 Å². The fourth-order valence-corrected chi connectivity index (χ4v) is 4.77. The lowest BCUT2D eigenvalue weighted by Crippen LogP contribution is -2.51. The molecule has 1 aromatic heterocycles. The van der Waals surface area contributed by atoms with Crippen molar-refractivity contribution in [2.45, 2.75) is 37.8 Å². The minimum absolute atomic E-state index is 0.123. The number of nitriles is 1. The van der Waals surface area contributed by atoms with Gasteiger partial charge in [0.05, 0.1) is 24.1 Å². The number of hydrogen-bond donors (Lipinski definition) is 3. The number of nitrogens with one attached hydrogen (secondary N) is 1. The van der Waals surface area contributed by atoms with Crippen LogP contribution in [0.15, 0.2) is 60.8 Å². The van der Waals surface area contributed by atoms with Gasteiger partial charge in [0.1, 0.15) is 11.4 Å². The number of anilines is 2. The summed E-state index contributed by atoms with van der Waals surface area (Å²) < 4.78 is 14.8. The number of carbonyl (C=O) groups is 2. The zero-order valence-corrected chi connectivity index (χ0v) is 19.5. The number of carboxylic acid groups (broad SMARTS) is 1. The van der Waals surface area contributed by atoms with Gasteiger partial charge in [0.2, 0.25) is 0 Å². The molecule has 4 rings (SSSR count). The van der Waals surface area contributed by atoms with E-state index in [9.17, 15) is 24.3 Å². The lowest BCUT2D eigenvalue weighted by molar-refractivity contribution is 0.0623. The number of benzene rings is 2. The topological polar surface area (TPSA) is 137 Å². The molecule has 2 aromatic carbocycles. The van der Waals surface area contributed by atoms with E-state index in [4.69, 9.17) is 5.73 Å². The van der Waals surface area contributed by atoms with E-state index in [0.29, 0.717) is 24.9 Å². The molecule has 2 heterocycles. The standard InChI is InChI=1S/C26H27FN6O3/c27-18-9-11-19(12-10-18)30-25-21(24(29)34)16-33(31-25)23-13-14-32(26(35)36)22(20(23)15-28)8-4-7-17-5-2-1-3-6-17/h1-3,5-6,9-12,16,20,22-23H,4,7-8,13-14H2,(H2,29,34)(H,30,31)(H,35,36)/t20-,22?,23+/m1/s1. The number of primary amides is 1. The Morgan fingerprint density at radius 2 is 1.92 bits per heavy atom. The number of carbonyl (C=O) groups excluding carboxylic acids is 1. The molecule has 10 heteroatoms. The Labute approximate surface area is 207 Å². The highest BCUT2D eigenvalue weighted by atomic mass is 19.1. The van der Waals surface area contributed by atoms with Crippen LogP contribution in [0.1, 0.15) is 41.2 Å². The number of aryl methyl sites for hydroxylation is 1. The average molecular weight is 491 g/mol. The highest BCUT2D eigenvalue weighted by molar-refractivity contribution is 5.98. The number of aromatic nitrogens is 2. The van der Waals surface area contributed by atoms with Gasteiger partial charge in [-0.3, -0.25) is 9.48 Å². The number of rotatable bonds is 8. The average Bonchev–Trinajstić information content (AvgIpc) is 3.29. The van der Waals surface area contributed by atoms with Gasteiger partial charge >= 0.3 is 6.09 Å². The van der Waals surface area contributed by atoms with Crippen molar-refractivity contribution in [2.24, 2.45) is 11.7 Å². The van der Waals surface area contributed by atoms with E-state index in [-0.39, 0.29) is 17.9 Å². The minimum Gasteiger partial charge on any atom is -0.465 e. The van der Waals surface area contributed by atoms with Gasteiger partial charge in [0, 0.05) is 18.4 Å². The van der Waals surface area contributed by atoms with Crippen LogP contribution in [0, 0.1) is 23.1 Å². The molecular weight excluding hydrogens is 463 g/mol. The van der Waals surface area contributed by atoms with Gasteiger partial charge in [0.25, 0.3) is 5.91 Å². The molecule has 1 aliphatic heterocycles. The predicted molar refractivity (Wildman–Crippen MR) is 131 cm³/mol. The zero-order chi connectivity index (χ0) is 25.7. The van der Waals surface area contributed by atoms with Gasteiger partial charge in [-0.15, -0.1) is 0 Å². The summed E-state index contributed by atoms with van der Waals surface area (Å²) in [6.07, 6.45) is 2.78. The molecule has 0 aliphatic carbocycles. The molecule has 0 radical (unpaired) electrons. The van der Waals surface area contributed by atoms with Gasteiger partial charge in [-0.1, -0.05) is 30.3 Å². The number of hydrogen-bond acceptors (Lipinski definition) is 5. The normalized spacial score (nSPS) is 19.4. The van der Waals surface area contributed by atoms with E-state index >= 15 is 0 Å². The Kier molecular flexibility index (Phi) is 7.49. The molecule has 1 aliphatic rings. The second kappa shape index (κ2) is 10.9. The summed E-state index contributed by atoms with van der Waals surface area (Å²) in [7, 11) is 0. The van der Waals surface area contributed by atoms with Crippen LogP contribution in [-0.2, 0) is 6.42 Å². The molecule has 3 aromatic rings. The van der Waals surface area contributed by atoms with Crippen LogP contribution in [0.4, 0.5) is 20.7 Å². The third-order valence-corrected chi connectivity index (χ3v) is 6.54.